The number of Topliss-reactive ketones (excluding diaryl/α,β-unsaturated/α-hetero) is 1. The first-order valence-corrected chi connectivity index (χ1v) is 5.75. The van der Waals surface area contributed by atoms with E-state index in [0.717, 1.165) is 24.2 Å². The molecule has 0 spiro atoms. The zero-order valence-electron chi connectivity index (χ0n) is 9.11. The molecule has 0 unspecified atom stereocenters. The molecule has 2 heteroatoms. The van der Waals surface area contributed by atoms with Gasteiger partial charge in [0, 0.05) is 18.6 Å². The summed E-state index contributed by atoms with van der Waals surface area (Å²) in [6.45, 7) is 1.43. The largest absolute Gasteiger partial charge is 0.377 e. The number of carbonyl (C=O) groups is 1. The Morgan fingerprint density at radius 3 is 2.81 bits per heavy atom. The fraction of sp³-hybridized carbons (Fsp3) is 0.357. The summed E-state index contributed by atoms with van der Waals surface area (Å²) in [4.78, 5) is 12.0. The Morgan fingerprint density at radius 1 is 1.19 bits per heavy atom. The van der Waals surface area contributed by atoms with Gasteiger partial charge in [-0.1, -0.05) is 30.3 Å². The quantitative estimate of drug-likeness (QED) is 0.717. The Balaban J connectivity index is 2.07. The fourth-order valence-electron chi connectivity index (χ4n) is 2.66. The molecule has 82 valence electrons. The molecule has 1 atom stereocenters. The minimum Gasteiger partial charge on any atom is -0.377 e. The molecule has 0 N–H and O–H groups in total. The molecule has 1 aliphatic carbocycles. The molecule has 0 aromatic heterocycles. The van der Waals surface area contributed by atoms with Crippen molar-refractivity contribution in [2.45, 2.75) is 12.8 Å². The monoisotopic (exact) mass is 214 g/mol. The van der Waals surface area contributed by atoms with E-state index >= 15 is 0 Å². The van der Waals surface area contributed by atoms with Crippen molar-refractivity contribution in [1.29, 1.82) is 0 Å². The average molecular weight is 214 g/mol. The van der Waals surface area contributed by atoms with Crippen molar-refractivity contribution in [1.82, 2.24) is 0 Å². The third-order valence-corrected chi connectivity index (χ3v) is 3.46. The summed E-state index contributed by atoms with van der Waals surface area (Å²) in [5.41, 5.74) is 3.20. The van der Waals surface area contributed by atoms with Crippen molar-refractivity contribution in [2.75, 3.05) is 13.2 Å². The number of rotatable bonds is 1. The number of fused-ring (bicyclic) bond motifs is 1. The van der Waals surface area contributed by atoms with Crippen molar-refractivity contribution in [2.24, 2.45) is 5.92 Å². The number of hydrogen-bond donors (Lipinski definition) is 0. The maximum atomic E-state index is 12.0. The molecule has 0 amide bonds. The van der Waals surface area contributed by atoms with Gasteiger partial charge in [0.2, 0.25) is 0 Å². The van der Waals surface area contributed by atoms with E-state index in [1.807, 2.05) is 30.3 Å². The summed E-state index contributed by atoms with van der Waals surface area (Å²) in [5.74, 6) is 0.730. The van der Waals surface area contributed by atoms with Crippen LogP contribution in [-0.4, -0.2) is 19.0 Å². The highest BCUT2D eigenvalue weighted by Gasteiger charge is 2.34. The van der Waals surface area contributed by atoms with E-state index in [1.54, 1.807) is 0 Å². The van der Waals surface area contributed by atoms with Gasteiger partial charge in [0.05, 0.1) is 6.61 Å². The molecule has 1 heterocycles. The molecule has 2 nitrogen and oxygen atoms in total. The number of ether oxygens (including phenoxy) is 1. The van der Waals surface area contributed by atoms with Crippen LogP contribution < -0.4 is 0 Å². The van der Waals surface area contributed by atoms with Crippen molar-refractivity contribution in [3.8, 4) is 0 Å². The predicted molar refractivity (Wildman–Crippen MR) is 61.9 cm³/mol. The third kappa shape index (κ3) is 1.50. The lowest BCUT2D eigenvalue weighted by molar-refractivity contribution is -0.113. The lowest BCUT2D eigenvalue weighted by Gasteiger charge is -2.20. The number of carbonyl (C=O) groups excluding carboxylic acids is 1. The van der Waals surface area contributed by atoms with E-state index in [9.17, 15) is 4.79 Å². The first kappa shape index (κ1) is 9.79. The van der Waals surface area contributed by atoms with E-state index < -0.39 is 0 Å². The van der Waals surface area contributed by atoms with Crippen LogP contribution in [0.4, 0.5) is 0 Å². The van der Waals surface area contributed by atoms with Gasteiger partial charge in [-0.25, -0.2) is 0 Å². The third-order valence-electron chi connectivity index (χ3n) is 3.46. The van der Waals surface area contributed by atoms with Gasteiger partial charge in [0.1, 0.15) is 0 Å². The van der Waals surface area contributed by atoms with Crippen LogP contribution >= 0.6 is 0 Å². The van der Waals surface area contributed by atoms with Crippen LogP contribution in [0.25, 0.3) is 5.57 Å². The molecule has 1 fully saturated rings. The molecule has 1 aromatic carbocycles. The van der Waals surface area contributed by atoms with E-state index in [0.29, 0.717) is 18.9 Å². The zero-order chi connectivity index (χ0) is 11.0. The van der Waals surface area contributed by atoms with E-state index in [4.69, 9.17) is 4.74 Å². The van der Waals surface area contributed by atoms with Crippen molar-refractivity contribution in [3.63, 3.8) is 0 Å². The molecule has 1 saturated heterocycles. The SMILES string of the molecule is O=C1C[C@@H]2CCOCC2=C1c1ccccc1. The number of allylic oxidation sites excluding steroid dienone is 1. The standard InChI is InChI=1S/C14H14O2/c15-13-8-11-6-7-16-9-12(11)14(13)10-4-2-1-3-5-10/h1-5,11H,6-9H2/t11-/m0/s1. The molecule has 0 radical (unpaired) electrons. The summed E-state index contributed by atoms with van der Waals surface area (Å²) in [6.07, 6.45) is 1.68. The molecule has 16 heavy (non-hydrogen) atoms. The zero-order valence-corrected chi connectivity index (χ0v) is 9.11. The summed E-state index contributed by atoms with van der Waals surface area (Å²) in [6, 6.07) is 9.96. The number of hydrogen-bond acceptors (Lipinski definition) is 2. The molecule has 2 aliphatic rings. The second-order valence-corrected chi connectivity index (χ2v) is 4.43. The van der Waals surface area contributed by atoms with E-state index in [1.165, 1.54) is 5.57 Å². The van der Waals surface area contributed by atoms with Gasteiger partial charge in [-0.15, -0.1) is 0 Å². The van der Waals surface area contributed by atoms with Gasteiger partial charge in [0.25, 0.3) is 0 Å². The van der Waals surface area contributed by atoms with E-state index in [2.05, 4.69) is 0 Å². The molecule has 0 bridgehead atoms. The first-order chi connectivity index (χ1) is 7.86. The highest BCUT2D eigenvalue weighted by molar-refractivity contribution is 6.24. The Morgan fingerprint density at radius 2 is 2.00 bits per heavy atom. The lowest BCUT2D eigenvalue weighted by Crippen LogP contribution is -2.16. The maximum absolute atomic E-state index is 12.0. The van der Waals surface area contributed by atoms with Crippen LogP contribution in [0.2, 0.25) is 0 Å². The molecule has 0 saturated carbocycles. The van der Waals surface area contributed by atoms with Gasteiger partial charge in [-0.3, -0.25) is 4.79 Å². The van der Waals surface area contributed by atoms with Crippen LogP contribution in [0.3, 0.4) is 0 Å². The van der Waals surface area contributed by atoms with Crippen LogP contribution in [0.15, 0.2) is 35.9 Å². The number of ketones is 1. The maximum Gasteiger partial charge on any atom is 0.164 e. The Kier molecular flexibility index (Phi) is 2.37. The Labute approximate surface area is 94.9 Å². The van der Waals surface area contributed by atoms with Crippen LogP contribution in [0, 0.1) is 5.92 Å². The van der Waals surface area contributed by atoms with Gasteiger partial charge >= 0.3 is 0 Å². The van der Waals surface area contributed by atoms with Crippen LogP contribution in [0.5, 0.6) is 0 Å². The average Bonchev–Trinajstić information content (AvgIpc) is 2.66. The molecule has 1 aliphatic heterocycles. The second kappa shape index (κ2) is 3.87. The van der Waals surface area contributed by atoms with E-state index in [-0.39, 0.29) is 5.78 Å². The van der Waals surface area contributed by atoms with Crippen molar-refractivity contribution < 1.29 is 9.53 Å². The van der Waals surface area contributed by atoms with Gasteiger partial charge in [-0.2, -0.15) is 0 Å². The highest BCUT2D eigenvalue weighted by Crippen LogP contribution is 2.39. The number of benzene rings is 1. The van der Waals surface area contributed by atoms with Gasteiger partial charge in [-0.05, 0) is 23.5 Å². The topological polar surface area (TPSA) is 26.3 Å². The lowest BCUT2D eigenvalue weighted by atomic mass is 9.94. The normalized spacial score (nSPS) is 24.8. The smallest absolute Gasteiger partial charge is 0.164 e. The summed E-state index contributed by atoms with van der Waals surface area (Å²) < 4.78 is 5.47. The van der Waals surface area contributed by atoms with Crippen LogP contribution in [-0.2, 0) is 9.53 Å². The summed E-state index contributed by atoms with van der Waals surface area (Å²) in [7, 11) is 0. The first-order valence-electron chi connectivity index (χ1n) is 5.75. The fourth-order valence-corrected chi connectivity index (χ4v) is 2.66. The molecule has 3 rings (SSSR count). The minimum absolute atomic E-state index is 0.289. The highest BCUT2D eigenvalue weighted by atomic mass is 16.5. The second-order valence-electron chi connectivity index (χ2n) is 4.43. The molecular weight excluding hydrogens is 200 g/mol. The molecular formula is C14H14O2. The minimum atomic E-state index is 0.289. The van der Waals surface area contributed by atoms with Crippen LogP contribution in [0.1, 0.15) is 18.4 Å². The van der Waals surface area contributed by atoms with Gasteiger partial charge in [0.15, 0.2) is 5.78 Å². The summed E-state index contributed by atoms with van der Waals surface area (Å²) in [5, 5.41) is 0. The van der Waals surface area contributed by atoms with Gasteiger partial charge < -0.3 is 4.74 Å². The van der Waals surface area contributed by atoms with Crippen molar-refractivity contribution in [3.05, 3.63) is 41.5 Å². The predicted octanol–water partition coefficient (Wildman–Crippen LogP) is 2.45. The Hall–Kier alpha value is -1.41. The molecule has 1 aromatic rings. The Bertz CT molecular complexity index is 445. The summed E-state index contributed by atoms with van der Waals surface area (Å²) >= 11 is 0. The van der Waals surface area contributed by atoms with Crippen molar-refractivity contribution >= 4 is 11.4 Å².